The van der Waals surface area contributed by atoms with Gasteiger partial charge < -0.3 is 4.42 Å². The first-order chi connectivity index (χ1) is 12.6. The van der Waals surface area contributed by atoms with Gasteiger partial charge in [-0.3, -0.25) is 0 Å². The molecule has 0 fully saturated rings. The van der Waals surface area contributed by atoms with Crippen LogP contribution in [0.15, 0.2) is 77.2 Å². The number of hydrogen-bond donors (Lipinski definition) is 1. The molecule has 0 unspecified atom stereocenters. The first kappa shape index (κ1) is 17.2. The molecule has 0 saturated carbocycles. The van der Waals surface area contributed by atoms with E-state index in [2.05, 4.69) is 4.99 Å². The Morgan fingerprint density at radius 3 is 2.15 bits per heavy atom. The smallest absolute Gasteiger partial charge is 0.218 e. The molecule has 4 rings (SSSR count). The van der Waals surface area contributed by atoms with Gasteiger partial charge >= 0.3 is 0 Å². The van der Waals surface area contributed by atoms with E-state index in [1.54, 1.807) is 6.07 Å². The minimum Gasteiger partial charge on any atom is -0.456 e. The Hall–Kier alpha value is -2.26. The van der Waals surface area contributed by atoms with Crippen LogP contribution in [0.25, 0.3) is 22.3 Å². The molecule has 0 aliphatic rings. The Kier molecular flexibility index (Phi) is 4.73. The van der Waals surface area contributed by atoms with Crippen molar-refractivity contribution in [3.63, 3.8) is 0 Å². The summed E-state index contributed by atoms with van der Waals surface area (Å²) in [5, 5.41) is 3.48. The molecular formula is C21H13Cl3NO+. The molecule has 2 nitrogen and oxygen atoms in total. The van der Waals surface area contributed by atoms with Crippen molar-refractivity contribution in [1.82, 2.24) is 0 Å². The summed E-state index contributed by atoms with van der Waals surface area (Å²) in [5.74, 6) is 0.746. The summed E-state index contributed by atoms with van der Waals surface area (Å²) in [4.78, 5) is 3.38. The van der Waals surface area contributed by atoms with E-state index in [-0.39, 0.29) is 0 Å². The van der Waals surface area contributed by atoms with Gasteiger partial charge in [0.05, 0.1) is 11.5 Å². The van der Waals surface area contributed by atoms with Crippen LogP contribution in [0.4, 0.5) is 5.69 Å². The number of halogens is 3. The summed E-state index contributed by atoms with van der Waals surface area (Å²) in [6, 6.07) is 22.7. The number of benzene rings is 3. The normalized spacial score (nSPS) is 11.9. The molecule has 1 aromatic heterocycles. The number of nitrogens with one attached hydrogen (secondary N) is 1. The molecule has 26 heavy (non-hydrogen) atoms. The standard InChI is InChI=1S/C21H12Cl3NO/c22-14-6-7-20-18(11-14)19(25-17-9-15(23)8-16(24)10-17)12-21(26-20)13-4-2-1-3-5-13/h1-12H/p+1. The Morgan fingerprint density at radius 2 is 1.42 bits per heavy atom. The van der Waals surface area contributed by atoms with E-state index in [1.807, 2.05) is 66.7 Å². The lowest BCUT2D eigenvalue weighted by molar-refractivity contribution is -0.400. The molecule has 0 spiro atoms. The van der Waals surface area contributed by atoms with E-state index in [1.165, 1.54) is 0 Å². The average molecular weight is 402 g/mol. The molecule has 3 aromatic carbocycles. The van der Waals surface area contributed by atoms with Crippen molar-refractivity contribution in [3.8, 4) is 11.3 Å². The van der Waals surface area contributed by atoms with Gasteiger partial charge in [0.25, 0.3) is 0 Å². The maximum absolute atomic E-state index is 6.19. The molecule has 0 radical (unpaired) electrons. The second-order valence-electron chi connectivity index (χ2n) is 5.81. The van der Waals surface area contributed by atoms with Crippen LogP contribution in [-0.4, -0.2) is 0 Å². The predicted octanol–water partition coefficient (Wildman–Crippen LogP) is 5.37. The zero-order chi connectivity index (χ0) is 18.1. The largest absolute Gasteiger partial charge is 0.456 e. The Labute approximate surface area is 165 Å². The quantitative estimate of drug-likeness (QED) is 0.480. The minimum atomic E-state index is 0.561. The third-order valence-corrected chi connectivity index (χ3v) is 4.60. The monoisotopic (exact) mass is 400 g/mol. The highest BCUT2D eigenvalue weighted by Gasteiger charge is 2.11. The molecule has 5 heteroatoms. The van der Waals surface area contributed by atoms with Crippen LogP contribution in [0, 0.1) is 0 Å². The van der Waals surface area contributed by atoms with Crippen molar-refractivity contribution in [3.05, 3.63) is 93.2 Å². The first-order valence-electron chi connectivity index (χ1n) is 7.93. The van der Waals surface area contributed by atoms with Crippen LogP contribution >= 0.6 is 34.8 Å². The second kappa shape index (κ2) is 7.16. The number of fused-ring (bicyclic) bond motifs is 1. The molecule has 0 bridgehead atoms. The fourth-order valence-corrected chi connectivity index (χ4v) is 3.49. The highest BCUT2D eigenvalue weighted by atomic mass is 35.5. The van der Waals surface area contributed by atoms with Crippen molar-refractivity contribution in [2.45, 2.75) is 0 Å². The van der Waals surface area contributed by atoms with E-state index < -0.39 is 0 Å². The van der Waals surface area contributed by atoms with Crippen molar-refractivity contribution in [2.75, 3.05) is 0 Å². The number of rotatable bonds is 2. The fourth-order valence-electron chi connectivity index (χ4n) is 2.79. The number of hydrogen-bond acceptors (Lipinski definition) is 1. The van der Waals surface area contributed by atoms with Crippen LogP contribution in [0.2, 0.25) is 15.1 Å². The van der Waals surface area contributed by atoms with Crippen LogP contribution in [0.5, 0.6) is 0 Å². The van der Waals surface area contributed by atoms with Crippen molar-refractivity contribution >= 4 is 51.5 Å². The molecule has 0 atom stereocenters. The lowest BCUT2D eigenvalue weighted by Crippen LogP contribution is -2.70. The second-order valence-corrected chi connectivity index (χ2v) is 7.12. The molecule has 4 aromatic rings. The molecule has 128 valence electrons. The average Bonchev–Trinajstić information content (AvgIpc) is 2.62. The topological polar surface area (TPSA) is 27.1 Å². The van der Waals surface area contributed by atoms with E-state index in [4.69, 9.17) is 39.2 Å². The molecule has 0 aliphatic heterocycles. The third kappa shape index (κ3) is 3.63. The summed E-state index contributed by atoms with van der Waals surface area (Å²) in [6.45, 7) is 0. The molecule has 1 heterocycles. The van der Waals surface area contributed by atoms with Crippen LogP contribution in [0.1, 0.15) is 0 Å². The Bertz CT molecular complexity index is 1150. The summed E-state index contributed by atoms with van der Waals surface area (Å²) in [5.41, 5.74) is 2.50. The maximum Gasteiger partial charge on any atom is 0.218 e. The van der Waals surface area contributed by atoms with Gasteiger partial charge in [0.15, 0.2) is 0 Å². The van der Waals surface area contributed by atoms with Gasteiger partial charge in [0.2, 0.25) is 11.0 Å². The molecular weight excluding hydrogens is 389 g/mol. The van der Waals surface area contributed by atoms with Crippen molar-refractivity contribution < 1.29 is 9.41 Å². The van der Waals surface area contributed by atoms with Gasteiger partial charge in [-0.05, 0) is 24.3 Å². The van der Waals surface area contributed by atoms with E-state index in [0.29, 0.717) is 15.1 Å². The lowest BCUT2D eigenvalue weighted by atomic mass is 10.1. The van der Waals surface area contributed by atoms with Gasteiger partial charge in [-0.1, -0.05) is 65.1 Å². The minimum absolute atomic E-state index is 0.561. The van der Waals surface area contributed by atoms with E-state index in [9.17, 15) is 0 Å². The van der Waals surface area contributed by atoms with Gasteiger partial charge in [-0.15, -0.1) is 0 Å². The van der Waals surface area contributed by atoms with Crippen molar-refractivity contribution in [1.29, 1.82) is 0 Å². The summed E-state index contributed by atoms with van der Waals surface area (Å²) in [7, 11) is 0. The fraction of sp³-hybridized carbons (Fsp3) is 0. The van der Waals surface area contributed by atoms with Crippen LogP contribution in [0.3, 0.4) is 0 Å². The van der Waals surface area contributed by atoms with Crippen LogP contribution in [-0.2, 0) is 0 Å². The highest BCUT2D eigenvalue weighted by molar-refractivity contribution is 6.35. The molecule has 0 amide bonds. The summed E-state index contributed by atoms with van der Waals surface area (Å²) in [6.07, 6.45) is 0. The zero-order valence-electron chi connectivity index (χ0n) is 13.5. The van der Waals surface area contributed by atoms with Gasteiger partial charge in [0.1, 0.15) is 11.3 Å². The third-order valence-electron chi connectivity index (χ3n) is 3.93. The Balaban J connectivity index is 2.02. The van der Waals surface area contributed by atoms with Gasteiger partial charge in [-0.2, -0.15) is 0 Å². The highest BCUT2D eigenvalue weighted by Crippen LogP contribution is 2.23. The SMILES string of the molecule is Clc1cc(Cl)cc([NH+]=c2cc(-c3ccccc3)oc3ccc(Cl)cc23)c1. The maximum atomic E-state index is 6.19. The van der Waals surface area contributed by atoms with Gasteiger partial charge in [0, 0.05) is 32.8 Å². The van der Waals surface area contributed by atoms with E-state index in [0.717, 1.165) is 33.3 Å². The van der Waals surface area contributed by atoms with Gasteiger partial charge in [-0.25, -0.2) is 4.99 Å². The van der Waals surface area contributed by atoms with E-state index >= 15 is 0 Å². The summed E-state index contributed by atoms with van der Waals surface area (Å²) >= 11 is 18.4. The lowest BCUT2D eigenvalue weighted by Gasteiger charge is -2.03. The molecule has 0 aliphatic carbocycles. The Morgan fingerprint density at radius 1 is 0.692 bits per heavy atom. The first-order valence-corrected chi connectivity index (χ1v) is 9.07. The predicted molar refractivity (Wildman–Crippen MR) is 107 cm³/mol. The zero-order valence-corrected chi connectivity index (χ0v) is 15.7. The van der Waals surface area contributed by atoms with Crippen molar-refractivity contribution in [2.24, 2.45) is 0 Å². The molecule has 0 saturated heterocycles. The molecule has 1 N–H and O–H groups in total. The van der Waals surface area contributed by atoms with Crippen LogP contribution < -0.4 is 10.3 Å². The summed E-state index contributed by atoms with van der Waals surface area (Å²) < 4.78 is 6.08.